The van der Waals surface area contributed by atoms with Gasteiger partial charge in [0.15, 0.2) is 0 Å². The summed E-state index contributed by atoms with van der Waals surface area (Å²) in [5, 5.41) is 16.4. The minimum atomic E-state index is -0.462. The number of benzene rings is 1. The third-order valence-electron chi connectivity index (χ3n) is 4.68. The van der Waals surface area contributed by atoms with E-state index in [-0.39, 0.29) is 24.1 Å². The molecule has 1 aromatic heterocycles. The first-order valence-corrected chi connectivity index (χ1v) is 8.40. The fourth-order valence-electron chi connectivity index (χ4n) is 3.47. The second-order valence-electron chi connectivity index (χ2n) is 6.25. The van der Waals surface area contributed by atoms with Gasteiger partial charge in [0.25, 0.3) is 5.91 Å². The van der Waals surface area contributed by atoms with Crippen LogP contribution in [0.4, 0.5) is 4.39 Å². The molecular formula is C18H22FN3O2. The van der Waals surface area contributed by atoms with E-state index in [0.717, 1.165) is 25.7 Å². The number of hydrogen-bond acceptors (Lipinski definition) is 3. The van der Waals surface area contributed by atoms with Crippen LogP contribution < -0.4 is 5.32 Å². The van der Waals surface area contributed by atoms with E-state index in [9.17, 15) is 14.3 Å². The molecule has 24 heavy (non-hydrogen) atoms. The predicted molar refractivity (Wildman–Crippen MR) is 88.4 cm³/mol. The fraction of sp³-hybridized carbons (Fsp3) is 0.444. The quantitative estimate of drug-likeness (QED) is 0.855. The van der Waals surface area contributed by atoms with Crippen molar-refractivity contribution < 1.29 is 14.3 Å². The van der Waals surface area contributed by atoms with E-state index in [1.54, 1.807) is 29.2 Å². The minimum Gasteiger partial charge on any atom is -0.396 e. The van der Waals surface area contributed by atoms with Gasteiger partial charge >= 0.3 is 0 Å². The predicted octanol–water partition coefficient (Wildman–Crippen LogP) is 2.68. The Balaban J connectivity index is 1.84. The Labute approximate surface area is 140 Å². The van der Waals surface area contributed by atoms with Gasteiger partial charge in [0, 0.05) is 25.0 Å². The molecule has 0 radical (unpaired) electrons. The molecule has 5 nitrogen and oxygen atoms in total. The Kier molecular flexibility index (Phi) is 5.25. The second-order valence-corrected chi connectivity index (χ2v) is 6.25. The van der Waals surface area contributed by atoms with Crippen LogP contribution in [0.3, 0.4) is 0 Å². The van der Waals surface area contributed by atoms with Gasteiger partial charge in [-0.3, -0.25) is 4.79 Å². The lowest BCUT2D eigenvalue weighted by atomic mass is 9.95. The smallest absolute Gasteiger partial charge is 0.253 e. The van der Waals surface area contributed by atoms with Crippen molar-refractivity contribution in [1.82, 2.24) is 15.1 Å². The number of nitrogens with one attached hydrogen (secondary N) is 1. The Morgan fingerprint density at radius 3 is 2.88 bits per heavy atom. The molecular weight excluding hydrogens is 309 g/mol. The summed E-state index contributed by atoms with van der Waals surface area (Å²) >= 11 is 0. The van der Waals surface area contributed by atoms with Crippen LogP contribution in [0.25, 0.3) is 5.69 Å². The van der Waals surface area contributed by atoms with E-state index < -0.39 is 5.82 Å². The summed E-state index contributed by atoms with van der Waals surface area (Å²) in [4.78, 5) is 12.8. The molecule has 0 aliphatic heterocycles. The van der Waals surface area contributed by atoms with Crippen LogP contribution >= 0.6 is 0 Å². The maximum absolute atomic E-state index is 13.7. The van der Waals surface area contributed by atoms with Crippen molar-refractivity contribution in [2.45, 2.75) is 38.1 Å². The van der Waals surface area contributed by atoms with Crippen molar-refractivity contribution in [3.63, 3.8) is 0 Å². The molecule has 2 aromatic rings. The number of aliphatic hydroxyl groups is 1. The first-order chi connectivity index (χ1) is 11.7. The second kappa shape index (κ2) is 7.57. The van der Waals surface area contributed by atoms with Gasteiger partial charge in [-0.2, -0.15) is 5.10 Å². The number of aliphatic hydroxyl groups excluding tert-OH is 1. The van der Waals surface area contributed by atoms with E-state index in [1.165, 1.54) is 12.1 Å². The SMILES string of the molecule is O=C(NC(CCO)C1CCCC1)c1cc(F)ccc1-n1cccn1. The van der Waals surface area contributed by atoms with Gasteiger partial charge in [-0.05, 0) is 49.4 Å². The van der Waals surface area contributed by atoms with E-state index in [4.69, 9.17) is 0 Å². The average Bonchev–Trinajstić information content (AvgIpc) is 3.28. The number of carbonyl (C=O) groups excluding carboxylic acids is 1. The van der Waals surface area contributed by atoms with Crippen LogP contribution in [-0.4, -0.2) is 33.4 Å². The first-order valence-electron chi connectivity index (χ1n) is 8.40. The van der Waals surface area contributed by atoms with Crippen LogP contribution in [0.5, 0.6) is 0 Å². The van der Waals surface area contributed by atoms with Crippen molar-refractivity contribution in [3.8, 4) is 5.69 Å². The van der Waals surface area contributed by atoms with Crippen LogP contribution in [0.2, 0.25) is 0 Å². The monoisotopic (exact) mass is 331 g/mol. The van der Waals surface area contributed by atoms with E-state index >= 15 is 0 Å². The zero-order valence-corrected chi connectivity index (χ0v) is 13.5. The van der Waals surface area contributed by atoms with Crippen LogP contribution in [-0.2, 0) is 0 Å². The molecule has 1 aliphatic carbocycles. The van der Waals surface area contributed by atoms with Gasteiger partial charge in [-0.1, -0.05) is 12.8 Å². The molecule has 0 bridgehead atoms. The first kappa shape index (κ1) is 16.6. The lowest BCUT2D eigenvalue weighted by Gasteiger charge is -2.24. The highest BCUT2D eigenvalue weighted by Gasteiger charge is 2.27. The van der Waals surface area contributed by atoms with Gasteiger partial charge in [0.05, 0.1) is 11.3 Å². The summed E-state index contributed by atoms with van der Waals surface area (Å²) in [6, 6.07) is 5.76. The number of rotatable bonds is 6. The van der Waals surface area contributed by atoms with Gasteiger partial charge in [0.1, 0.15) is 5.82 Å². The topological polar surface area (TPSA) is 67.2 Å². The third kappa shape index (κ3) is 3.64. The summed E-state index contributed by atoms with van der Waals surface area (Å²) < 4.78 is 15.2. The maximum atomic E-state index is 13.7. The molecule has 1 aromatic carbocycles. The number of amides is 1. The van der Waals surface area contributed by atoms with Gasteiger partial charge < -0.3 is 10.4 Å². The van der Waals surface area contributed by atoms with E-state index in [0.29, 0.717) is 18.0 Å². The highest BCUT2D eigenvalue weighted by atomic mass is 19.1. The standard InChI is InChI=1S/C18H22FN3O2/c19-14-6-7-17(22-10-3-9-20-22)15(12-14)18(24)21-16(8-11-23)13-4-1-2-5-13/h3,6-7,9-10,12-13,16,23H,1-2,4-5,8,11H2,(H,21,24). The largest absolute Gasteiger partial charge is 0.396 e. The van der Waals surface area contributed by atoms with Crippen LogP contribution in [0, 0.1) is 11.7 Å². The van der Waals surface area contributed by atoms with Crippen molar-refractivity contribution >= 4 is 5.91 Å². The summed E-state index contributed by atoms with van der Waals surface area (Å²) in [5.74, 6) is -0.413. The third-order valence-corrected chi connectivity index (χ3v) is 4.68. The lowest BCUT2D eigenvalue weighted by Crippen LogP contribution is -2.40. The molecule has 1 fully saturated rings. The Bertz CT molecular complexity index is 682. The van der Waals surface area contributed by atoms with Crippen LogP contribution in [0.1, 0.15) is 42.5 Å². The summed E-state index contributed by atoms with van der Waals surface area (Å²) in [6.07, 6.45) is 8.26. The van der Waals surface area contributed by atoms with Crippen LogP contribution in [0.15, 0.2) is 36.7 Å². The van der Waals surface area contributed by atoms with E-state index in [2.05, 4.69) is 10.4 Å². The number of nitrogens with zero attached hydrogens (tertiary/aromatic N) is 2. The molecule has 1 heterocycles. The number of aromatic nitrogens is 2. The minimum absolute atomic E-state index is 0.0244. The zero-order chi connectivity index (χ0) is 16.9. The van der Waals surface area contributed by atoms with Crippen molar-refractivity contribution in [1.29, 1.82) is 0 Å². The molecule has 3 rings (SSSR count). The highest BCUT2D eigenvalue weighted by Crippen LogP contribution is 2.29. The van der Waals surface area contributed by atoms with Crippen molar-refractivity contribution in [2.24, 2.45) is 5.92 Å². The summed E-state index contributed by atoms with van der Waals surface area (Å²) in [5.41, 5.74) is 0.785. The normalized spacial score (nSPS) is 16.2. The summed E-state index contributed by atoms with van der Waals surface area (Å²) in [6.45, 7) is 0.0244. The average molecular weight is 331 g/mol. The Hall–Kier alpha value is -2.21. The maximum Gasteiger partial charge on any atom is 0.253 e. The molecule has 0 spiro atoms. The Morgan fingerprint density at radius 2 is 2.21 bits per heavy atom. The number of hydrogen-bond donors (Lipinski definition) is 2. The molecule has 1 amide bonds. The lowest BCUT2D eigenvalue weighted by molar-refractivity contribution is 0.0911. The highest BCUT2D eigenvalue weighted by molar-refractivity contribution is 5.98. The molecule has 128 valence electrons. The zero-order valence-electron chi connectivity index (χ0n) is 13.5. The summed E-state index contributed by atoms with van der Waals surface area (Å²) in [7, 11) is 0. The molecule has 0 saturated heterocycles. The fourth-order valence-corrected chi connectivity index (χ4v) is 3.47. The molecule has 1 atom stereocenters. The molecule has 1 aliphatic rings. The van der Waals surface area contributed by atoms with Gasteiger partial charge in [0.2, 0.25) is 0 Å². The van der Waals surface area contributed by atoms with Crippen molar-refractivity contribution in [2.75, 3.05) is 6.61 Å². The van der Waals surface area contributed by atoms with E-state index in [1.807, 2.05) is 0 Å². The molecule has 1 unspecified atom stereocenters. The number of carbonyl (C=O) groups is 1. The van der Waals surface area contributed by atoms with Gasteiger partial charge in [-0.25, -0.2) is 9.07 Å². The van der Waals surface area contributed by atoms with Gasteiger partial charge in [-0.15, -0.1) is 0 Å². The number of halogens is 1. The molecule has 2 N–H and O–H groups in total. The molecule has 1 saturated carbocycles. The Morgan fingerprint density at radius 1 is 1.42 bits per heavy atom. The molecule has 6 heteroatoms. The van der Waals surface area contributed by atoms with Crippen molar-refractivity contribution in [3.05, 3.63) is 48.0 Å².